The molecule has 0 aliphatic carbocycles. The zero-order chi connectivity index (χ0) is 24.1. The third-order valence-electron chi connectivity index (χ3n) is 5.38. The van der Waals surface area contributed by atoms with Crippen LogP contribution in [0.15, 0.2) is 95.9 Å². The highest BCUT2D eigenvalue weighted by Gasteiger charge is 2.27. The van der Waals surface area contributed by atoms with Gasteiger partial charge in [-0.1, -0.05) is 78.3 Å². The summed E-state index contributed by atoms with van der Waals surface area (Å²) >= 11 is 6.13. The van der Waals surface area contributed by atoms with Gasteiger partial charge in [0.05, 0.1) is 17.0 Å². The summed E-state index contributed by atoms with van der Waals surface area (Å²) in [5.41, 5.74) is 1.42. The fourth-order valence-electron chi connectivity index (χ4n) is 3.66. The SMILES string of the molecule is COc1ccc(S(=O)(=O)N[C@@H](Cc2ccccc2)C(=O)Nc2cccc3ccccc23)cc1Cl. The number of nitrogens with one attached hydrogen (secondary N) is 2. The van der Waals surface area contributed by atoms with Gasteiger partial charge in [0.2, 0.25) is 15.9 Å². The Hall–Kier alpha value is -3.39. The molecule has 6 nitrogen and oxygen atoms in total. The predicted octanol–water partition coefficient (Wildman–Crippen LogP) is 5.03. The van der Waals surface area contributed by atoms with Gasteiger partial charge in [-0.3, -0.25) is 4.79 Å². The molecule has 0 unspecified atom stereocenters. The number of fused-ring (bicyclic) bond motifs is 1. The Morgan fingerprint density at radius 2 is 1.65 bits per heavy atom. The Labute approximate surface area is 203 Å². The van der Waals surface area contributed by atoms with Crippen LogP contribution in [0.1, 0.15) is 5.56 Å². The van der Waals surface area contributed by atoms with E-state index in [2.05, 4.69) is 10.0 Å². The van der Waals surface area contributed by atoms with Crippen LogP contribution in [0.3, 0.4) is 0 Å². The van der Waals surface area contributed by atoms with E-state index in [0.717, 1.165) is 16.3 Å². The summed E-state index contributed by atoms with van der Waals surface area (Å²) < 4.78 is 34.0. The van der Waals surface area contributed by atoms with Gasteiger partial charge in [-0.2, -0.15) is 4.72 Å². The van der Waals surface area contributed by atoms with Crippen LogP contribution in [-0.4, -0.2) is 27.5 Å². The monoisotopic (exact) mass is 494 g/mol. The summed E-state index contributed by atoms with van der Waals surface area (Å²) in [6.07, 6.45) is 0.167. The fourth-order valence-corrected chi connectivity index (χ4v) is 5.21. The van der Waals surface area contributed by atoms with Crippen LogP contribution < -0.4 is 14.8 Å². The van der Waals surface area contributed by atoms with Gasteiger partial charge in [0.1, 0.15) is 11.8 Å². The van der Waals surface area contributed by atoms with Crippen LogP contribution in [0, 0.1) is 0 Å². The van der Waals surface area contributed by atoms with E-state index >= 15 is 0 Å². The van der Waals surface area contributed by atoms with Crippen molar-refractivity contribution in [3.05, 3.63) is 102 Å². The average molecular weight is 495 g/mol. The Morgan fingerprint density at radius 1 is 0.941 bits per heavy atom. The first-order chi connectivity index (χ1) is 16.4. The molecule has 4 aromatic rings. The van der Waals surface area contributed by atoms with E-state index in [0.29, 0.717) is 11.4 Å². The van der Waals surface area contributed by atoms with Crippen molar-refractivity contribution in [1.29, 1.82) is 0 Å². The van der Waals surface area contributed by atoms with Crippen molar-refractivity contribution < 1.29 is 17.9 Å². The van der Waals surface area contributed by atoms with Gasteiger partial charge >= 0.3 is 0 Å². The highest BCUT2D eigenvalue weighted by atomic mass is 35.5. The number of carbonyl (C=O) groups is 1. The largest absolute Gasteiger partial charge is 0.495 e. The number of halogens is 1. The minimum absolute atomic E-state index is 0.0608. The molecule has 0 saturated carbocycles. The first-order valence-corrected chi connectivity index (χ1v) is 12.4. The van der Waals surface area contributed by atoms with Crippen LogP contribution in [0.25, 0.3) is 10.8 Å². The Morgan fingerprint density at radius 3 is 2.38 bits per heavy atom. The average Bonchev–Trinajstić information content (AvgIpc) is 2.84. The highest BCUT2D eigenvalue weighted by Crippen LogP contribution is 2.27. The smallest absolute Gasteiger partial charge is 0.242 e. The molecule has 0 bridgehead atoms. The first kappa shape index (κ1) is 23.8. The zero-order valence-electron chi connectivity index (χ0n) is 18.4. The standard InChI is InChI=1S/C26H23ClN2O4S/c1-33-25-15-14-20(17-22(25)27)34(31,32)29-24(16-18-8-3-2-4-9-18)26(30)28-23-13-7-11-19-10-5-6-12-21(19)23/h2-15,17,24,29H,16H2,1H3,(H,28,30)/t24-/m0/s1. The van der Waals surface area contributed by atoms with Crippen LogP contribution in [0.4, 0.5) is 5.69 Å². The summed E-state index contributed by atoms with van der Waals surface area (Å²) in [4.78, 5) is 13.3. The second-order valence-electron chi connectivity index (χ2n) is 7.68. The van der Waals surface area contributed by atoms with E-state index in [1.54, 1.807) is 6.07 Å². The molecular formula is C26H23ClN2O4S. The zero-order valence-corrected chi connectivity index (χ0v) is 19.9. The van der Waals surface area contributed by atoms with Gasteiger partial charge in [0, 0.05) is 11.1 Å². The number of hydrogen-bond acceptors (Lipinski definition) is 4. The molecule has 4 rings (SSSR count). The number of amides is 1. The van der Waals surface area contributed by atoms with E-state index < -0.39 is 22.0 Å². The maximum Gasteiger partial charge on any atom is 0.242 e. The first-order valence-electron chi connectivity index (χ1n) is 10.6. The Kier molecular flexibility index (Phi) is 7.17. The summed E-state index contributed by atoms with van der Waals surface area (Å²) in [6.45, 7) is 0. The van der Waals surface area contributed by atoms with Crippen LogP contribution in [0.5, 0.6) is 5.75 Å². The Bertz CT molecular complexity index is 1420. The lowest BCUT2D eigenvalue weighted by molar-refractivity contribution is -0.117. The maximum absolute atomic E-state index is 13.4. The van der Waals surface area contributed by atoms with Crippen molar-refractivity contribution in [2.24, 2.45) is 0 Å². The van der Waals surface area contributed by atoms with Gasteiger partial charge in [-0.15, -0.1) is 0 Å². The summed E-state index contributed by atoms with van der Waals surface area (Å²) in [6, 6.07) is 25.5. The third kappa shape index (κ3) is 5.39. The second kappa shape index (κ2) is 10.3. The molecule has 8 heteroatoms. The second-order valence-corrected chi connectivity index (χ2v) is 9.80. The number of benzene rings is 4. The molecule has 2 N–H and O–H groups in total. The number of anilines is 1. The number of rotatable bonds is 8. The number of carbonyl (C=O) groups excluding carboxylic acids is 1. The van der Waals surface area contributed by atoms with Crippen LogP contribution in [-0.2, 0) is 21.2 Å². The van der Waals surface area contributed by atoms with Crippen molar-refractivity contribution in [2.45, 2.75) is 17.4 Å². The van der Waals surface area contributed by atoms with E-state index in [1.807, 2.05) is 66.7 Å². The molecule has 1 amide bonds. The van der Waals surface area contributed by atoms with Gasteiger partial charge in [0.25, 0.3) is 0 Å². The highest BCUT2D eigenvalue weighted by molar-refractivity contribution is 7.89. The van der Waals surface area contributed by atoms with Crippen molar-refractivity contribution in [2.75, 3.05) is 12.4 Å². The molecule has 0 aromatic heterocycles. The Balaban J connectivity index is 1.65. The van der Waals surface area contributed by atoms with E-state index in [9.17, 15) is 13.2 Å². The third-order valence-corrected chi connectivity index (χ3v) is 7.14. The van der Waals surface area contributed by atoms with E-state index in [-0.39, 0.29) is 16.3 Å². The molecule has 0 aliphatic heterocycles. The van der Waals surface area contributed by atoms with Gasteiger partial charge in [0.15, 0.2) is 0 Å². The van der Waals surface area contributed by atoms with Crippen molar-refractivity contribution >= 4 is 44.0 Å². The topological polar surface area (TPSA) is 84.5 Å². The fraction of sp³-hybridized carbons (Fsp3) is 0.115. The minimum Gasteiger partial charge on any atom is -0.495 e. The van der Waals surface area contributed by atoms with Crippen LogP contribution in [0.2, 0.25) is 5.02 Å². The lowest BCUT2D eigenvalue weighted by Crippen LogP contribution is -2.45. The van der Waals surface area contributed by atoms with Crippen molar-refractivity contribution in [3.63, 3.8) is 0 Å². The van der Waals surface area contributed by atoms with Crippen molar-refractivity contribution in [3.8, 4) is 5.75 Å². The van der Waals surface area contributed by atoms with Gasteiger partial charge in [-0.05, 0) is 41.6 Å². The quantitative estimate of drug-likeness (QED) is 0.360. The van der Waals surface area contributed by atoms with Gasteiger partial charge < -0.3 is 10.1 Å². The normalized spacial score (nSPS) is 12.3. The number of ether oxygens (including phenoxy) is 1. The molecule has 0 saturated heterocycles. The molecule has 0 aliphatic rings. The number of hydrogen-bond donors (Lipinski definition) is 2. The summed E-state index contributed by atoms with van der Waals surface area (Å²) in [5, 5.41) is 4.88. The maximum atomic E-state index is 13.4. The van der Waals surface area contributed by atoms with Crippen LogP contribution >= 0.6 is 11.6 Å². The van der Waals surface area contributed by atoms with E-state index in [1.165, 1.54) is 25.3 Å². The number of methoxy groups -OCH3 is 1. The van der Waals surface area contributed by atoms with Gasteiger partial charge in [-0.25, -0.2) is 8.42 Å². The minimum atomic E-state index is -4.06. The summed E-state index contributed by atoms with van der Waals surface area (Å²) in [7, 11) is -2.61. The molecule has 0 fully saturated rings. The molecule has 0 radical (unpaired) electrons. The predicted molar refractivity (Wildman–Crippen MR) is 135 cm³/mol. The lowest BCUT2D eigenvalue weighted by atomic mass is 10.1. The summed E-state index contributed by atoms with van der Waals surface area (Å²) in [5.74, 6) is -0.112. The number of sulfonamides is 1. The molecule has 34 heavy (non-hydrogen) atoms. The molecule has 0 spiro atoms. The van der Waals surface area contributed by atoms with E-state index in [4.69, 9.17) is 16.3 Å². The van der Waals surface area contributed by atoms with Crippen molar-refractivity contribution in [1.82, 2.24) is 4.72 Å². The molecule has 4 aromatic carbocycles. The lowest BCUT2D eigenvalue weighted by Gasteiger charge is -2.20. The molecule has 174 valence electrons. The molecule has 0 heterocycles. The molecular weight excluding hydrogens is 472 g/mol. The molecule has 1 atom stereocenters.